The molecule has 0 saturated carbocycles. The molecule has 0 saturated heterocycles. The highest BCUT2D eigenvalue weighted by atomic mass is 32.1. The van der Waals surface area contributed by atoms with Gasteiger partial charge in [-0.2, -0.15) is 0 Å². The predicted molar refractivity (Wildman–Crippen MR) is 73.5 cm³/mol. The van der Waals surface area contributed by atoms with E-state index in [0.29, 0.717) is 5.92 Å². The van der Waals surface area contributed by atoms with Gasteiger partial charge in [0.2, 0.25) is 0 Å². The molecule has 2 aromatic rings. The second-order valence-corrected chi connectivity index (χ2v) is 5.54. The second kappa shape index (κ2) is 5.75. The summed E-state index contributed by atoms with van der Waals surface area (Å²) in [6, 6.07) is 3.06. The van der Waals surface area contributed by atoms with Crippen LogP contribution in [-0.2, 0) is 0 Å². The molecule has 0 fully saturated rings. The number of hydrogen-bond acceptors (Lipinski definition) is 3. The zero-order chi connectivity index (χ0) is 14.0. The summed E-state index contributed by atoms with van der Waals surface area (Å²) >= 11 is 1.46. The smallest absolute Gasteiger partial charge is 0.128 e. The lowest BCUT2D eigenvalue weighted by Crippen LogP contribution is -2.19. The molecule has 0 radical (unpaired) electrons. The van der Waals surface area contributed by atoms with Gasteiger partial charge in [0.1, 0.15) is 16.6 Å². The van der Waals surface area contributed by atoms with E-state index < -0.39 is 17.7 Å². The monoisotopic (exact) mass is 282 g/mol. The van der Waals surface area contributed by atoms with Crippen molar-refractivity contribution in [3.05, 3.63) is 51.5 Å². The molecule has 0 amide bonds. The van der Waals surface area contributed by atoms with Crippen LogP contribution in [0.3, 0.4) is 0 Å². The molecule has 1 heterocycles. The Hall–Kier alpha value is -1.33. The summed E-state index contributed by atoms with van der Waals surface area (Å²) in [7, 11) is 1.71. The van der Waals surface area contributed by atoms with Crippen molar-refractivity contribution < 1.29 is 8.78 Å². The van der Waals surface area contributed by atoms with Crippen LogP contribution >= 0.6 is 11.3 Å². The van der Waals surface area contributed by atoms with E-state index in [-0.39, 0.29) is 5.56 Å². The van der Waals surface area contributed by atoms with Crippen molar-refractivity contribution in [1.82, 2.24) is 10.3 Å². The number of nitrogens with one attached hydrogen (secondary N) is 1. The SMILES string of the molecule is CNC(c1nc(C(C)C)cs1)c1cc(F)ccc1F. The highest BCUT2D eigenvalue weighted by Crippen LogP contribution is 2.29. The van der Waals surface area contributed by atoms with Crippen LogP contribution in [0.25, 0.3) is 0 Å². The lowest BCUT2D eigenvalue weighted by molar-refractivity contribution is 0.556. The highest BCUT2D eigenvalue weighted by molar-refractivity contribution is 7.09. The molecule has 2 nitrogen and oxygen atoms in total. The van der Waals surface area contributed by atoms with Gasteiger partial charge < -0.3 is 5.32 Å². The van der Waals surface area contributed by atoms with Crippen LogP contribution in [0.15, 0.2) is 23.6 Å². The Morgan fingerprint density at radius 2 is 2.00 bits per heavy atom. The maximum Gasteiger partial charge on any atom is 0.128 e. The maximum atomic E-state index is 13.8. The zero-order valence-corrected chi connectivity index (χ0v) is 11.9. The molecule has 1 aromatic heterocycles. The molecule has 1 atom stereocenters. The molecule has 5 heteroatoms. The molecular formula is C14H16F2N2S. The Morgan fingerprint density at radius 1 is 1.26 bits per heavy atom. The van der Waals surface area contributed by atoms with E-state index in [1.807, 2.05) is 5.38 Å². The Kier molecular flexibility index (Phi) is 4.27. The quantitative estimate of drug-likeness (QED) is 0.921. The lowest BCUT2D eigenvalue weighted by Gasteiger charge is -2.15. The third kappa shape index (κ3) is 2.98. The molecule has 0 aliphatic carbocycles. The summed E-state index contributed by atoms with van der Waals surface area (Å²) in [5, 5.41) is 5.70. The normalized spacial score (nSPS) is 12.9. The third-order valence-electron chi connectivity index (χ3n) is 2.94. The van der Waals surface area contributed by atoms with Crippen molar-refractivity contribution in [2.75, 3.05) is 7.05 Å². The molecule has 0 aliphatic heterocycles. The number of benzene rings is 1. The summed E-state index contributed by atoms with van der Waals surface area (Å²) in [4.78, 5) is 4.49. The third-order valence-corrected chi connectivity index (χ3v) is 3.86. The maximum absolute atomic E-state index is 13.8. The van der Waals surface area contributed by atoms with Crippen molar-refractivity contribution in [2.24, 2.45) is 0 Å². The van der Waals surface area contributed by atoms with Gasteiger partial charge >= 0.3 is 0 Å². The molecule has 1 aromatic carbocycles. The average molecular weight is 282 g/mol. The van der Waals surface area contributed by atoms with Gasteiger partial charge in [-0.3, -0.25) is 0 Å². The molecule has 1 unspecified atom stereocenters. The van der Waals surface area contributed by atoms with Gasteiger partial charge in [0, 0.05) is 10.9 Å². The van der Waals surface area contributed by atoms with E-state index in [1.165, 1.54) is 17.4 Å². The van der Waals surface area contributed by atoms with E-state index in [1.54, 1.807) is 7.05 Å². The number of nitrogens with zero attached hydrogens (tertiary/aromatic N) is 1. The number of thiazole rings is 1. The van der Waals surface area contributed by atoms with Gasteiger partial charge in [-0.25, -0.2) is 13.8 Å². The van der Waals surface area contributed by atoms with Crippen molar-refractivity contribution >= 4 is 11.3 Å². The fourth-order valence-corrected chi connectivity index (χ4v) is 2.95. The van der Waals surface area contributed by atoms with Crippen molar-refractivity contribution in [1.29, 1.82) is 0 Å². The standard InChI is InChI=1S/C14H16F2N2S/c1-8(2)12-7-19-14(18-12)13(17-3)10-6-9(15)4-5-11(10)16/h4-8,13,17H,1-3H3. The van der Waals surface area contributed by atoms with Crippen LogP contribution in [0.5, 0.6) is 0 Å². The van der Waals surface area contributed by atoms with Crippen LogP contribution < -0.4 is 5.32 Å². The van der Waals surface area contributed by atoms with Crippen molar-refractivity contribution in [3.63, 3.8) is 0 Å². The Bertz CT molecular complexity index is 566. The van der Waals surface area contributed by atoms with E-state index in [9.17, 15) is 8.78 Å². The van der Waals surface area contributed by atoms with E-state index >= 15 is 0 Å². The predicted octanol–water partition coefficient (Wildman–Crippen LogP) is 3.85. The molecule has 102 valence electrons. The van der Waals surface area contributed by atoms with Crippen LogP contribution in [0.2, 0.25) is 0 Å². The van der Waals surface area contributed by atoms with Gasteiger partial charge in [-0.15, -0.1) is 11.3 Å². The molecule has 0 bridgehead atoms. The van der Waals surface area contributed by atoms with Crippen molar-refractivity contribution in [2.45, 2.75) is 25.8 Å². The first-order valence-corrected chi connectivity index (χ1v) is 6.98. The van der Waals surface area contributed by atoms with Crippen molar-refractivity contribution in [3.8, 4) is 0 Å². The second-order valence-electron chi connectivity index (χ2n) is 4.65. The number of halogens is 2. The lowest BCUT2D eigenvalue weighted by atomic mass is 10.1. The van der Waals surface area contributed by atoms with E-state index in [0.717, 1.165) is 22.8 Å². The Labute approximate surface area is 115 Å². The molecule has 0 aliphatic rings. The molecular weight excluding hydrogens is 266 g/mol. The summed E-state index contributed by atoms with van der Waals surface area (Å²) in [5.74, 6) is -0.556. The fourth-order valence-electron chi connectivity index (χ4n) is 1.85. The minimum Gasteiger partial charge on any atom is -0.307 e. The largest absolute Gasteiger partial charge is 0.307 e. The van der Waals surface area contributed by atoms with Gasteiger partial charge in [-0.05, 0) is 31.2 Å². The van der Waals surface area contributed by atoms with Crippen LogP contribution in [-0.4, -0.2) is 12.0 Å². The van der Waals surface area contributed by atoms with Crippen LogP contribution in [0, 0.1) is 11.6 Å². The summed E-state index contributed by atoms with van der Waals surface area (Å²) in [6.07, 6.45) is 0. The topological polar surface area (TPSA) is 24.9 Å². The Balaban J connectivity index is 2.40. The number of hydrogen-bond donors (Lipinski definition) is 1. The first kappa shape index (κ1) is 14.1. The first-order chi connectivity index (χ1) is 9.02. The summed E-state index contributed by atoms with van der Waals surface area (Å²) in [6.45, 7) is 4.10. The highest BCUT2D eigenvalue weighted by Gasteiger charge is 2.20. The van der Waals surface area contributed by atoms with E-state index in [4.69, 9.17) is 0 Å². The fraction of sp³-hybridized carbons (Fsp3) is 0.357. The number of rotatable bonds is 4. The van der Waals surface area contributed by atoms with Gasteiger partial charge in [0.15, 0.2) is 0 Å². The summed E-state index contributed by atoms with van der Waals surface area (Å²) < 4.78 is 27.1. The summed E-state index contributed by atoms with van der Waals surface area (Å²) in [5.41, 5.74) is 1.25. The number of aromatic nitrogens is 1. The van der Waals surface area contributed by atoms with Gasteiger partial charge in [0.05, 0.1) is 11.7 Å². The molecule has 0 spiro atoms. The van der Waals surface area contributed by atoms with Gasteiger partial charge in [0.25, 0.3) is 0 Å². The average Bonchev–Trinajstić information content (AvgIpc) is 2.84. The minimum absolute atomic E-state index is 0.284. The van der Waals surface area contributed by atoms with Crippen LogP contribution in [0.1, 0.15) is 42.1 Å². The molecule has 1 N–H and O–H groups in total. The first-order valence-electron chi connectivity index (χ1n) is 6.10. The van der Waals surface area contributed by atoms with Crippen LogP contribution in [0.4, 0.5) is 8.78 Å². The molecule has 2 rings (SSSR count). The zero-order valence-electron chi connectivity index (χ0n) is 11.1. The van der Waals surface area contributed by atoms with E-state index in [2.05, 4.69) is 24.1 Å². The minimum atomic E-state index is -0.447. The molecule has 19 heavy (non-hydrogen) atoms. The Morgan fingerprint density at radius 3 is 2.58 bits per heavy atom. The van der Waals surface area contributed by atoms with Gasteiger partial charge in [-0.1, -0.05) is 13.8 Å².